The molecule has 1 fully saturated rings. The summed E-state index contributed by atoms with van der Waals surface area (Å²) < 4.78 is 38.2. The van der Waals surface area contributed by atoms with Crippen LogP contribution in [-0.2, 0) is 4.74 Å². The molecule has 0 heterocycles. The van der Waals surface area contributed by atoms with Gasteiger partial charge in [-0.25, -0.2) is 0 Å². The standard InChI is InChI=1S/C6H9F3O/c1-4-2-3-5(4)10-6(7,8)9/h4-5H,2-3H2,1H3/t4?,5-/m0/s1. The van der Waals surface area contributed by atoms with Gasteiger partial charge in [-0.1, -0.05) is 6.92 Å². The van der Waals surface area contributed by atoms with Crippen molar-refractivity contribution in [3.63, 3.8) is 0 Å². The number of hydrogen-bond donors (Lipinski definition) is 0. The molecule has 1 aliphatic carbocycles. The molecule has 0 aliphatic heterocycles. The minimum Gasteiger partial charge on any atom is -0.288 e. The van der Waals surface area contributed by atoms with E-state index in [9.17, 15) is 13.2 Å². The third-order valence-corrected chi connectivity index (χ3v) is 1.83. The Kier molecular flexibility index (Phi) is 1.90. The topological polar surface area (TPSA) is 9.23 Å². The molecule has 1 aliphatic rings. The van der Waals surface area contributed by atoms with E-state index in [0.717, 1.165) is 6.42 Å². The molecule has 0 bridgehead atoms. The maximum absolute atomic E-state index is 11.5. The van der Waals surface area contributed by atoms with Crippen LogP contribution in [0.5, 0.6) is 0 Å². The summed E-state index contributed by atoms with van der Waals surface area (Å²) in [6, 6.07) is 0. The summed E-state index contributed by atoms with van der Waals surface area (Å²) in [4.78, 5) is 0. The molecule has 0 aromatic carbocycles. The third kappa shape index (κ3) is 1.87. The largest absolute Gasteiger partial charge is 0.522 e. The molecule has 1 saturated carbocycles. The minimum atomic E-state index is -4.45. The number of rotatable bonds is 1. The highest BCUT2D eigenvalue weighted by molar-refractivity contribution is 4.77. The average molecular weight is 154 g/mol. The van der Waals surface area contributed by atoms with Crippen molar-refractivity contribution in [2.24, 2.45) is 5.92 Å². The summed E-state index contributed by atoms with van der Waals surface area (Å²) in [6.07, 6.45) is -3.64. The Labute approximate surface area is 57.2 Å². The number of hydrogen-bond acceptors (Lipinski definition) is 1. The Balaban J connectivity index is 2.26. The predicted octanol–water partition coefficient (Wildman–Crippen LogP) is 2.32. The zero-order valence-corrected chi connectivity index (χ0v) is 5.61. The number of halogens is 3. The van der Waals surface area contributed by atoms with Crippen LogP contribution in [0.2, 0.25) is 0 Å². The fraction of sp³-hybridized carbons (Fsp3) is 1.00. The first kappa shape index (κ1) is 7.85. The Morgan fingerprint density at radius 1 is 1.30 bits per heavy atom. The highest BCUT2D eigenvalue weighted by Gasteiger charge is 2.39. The lowest BCUT2D eigenvalue weighted by Crippen LogP contribution is -2.36. The van der Waals surface area contributed by atoms with Gasteiger partial charge in [-0.3, -0.25) is 4.74 Å². The Hall–Kier alpha value is -0.250. The average Bonchev–Trinajstić information content (AvgIpc) is 1.78. The smallest absolute Gasteiger partial charge is 0.288 e. The molecule has 0 aromatic rings. The van der Waals surface area contributed by atoms with Gasteiger partial charge in [0.2, 0.25) is 0 Å². The Bertz CT molecular complexity index is 121. The van der Waals surface area contributed by atoms with Gasteiger partial charge in [0.15, 0.2) is 0 Å². The predicted molar refractivity (Wildman–Crippen MR) is 29.3 cm³/mol. The van der Waals surface area contributed by atoms with Gasteiger partial charge in [0, 0.05) is 0 Å². The van der Waals surface area contributed by atoms with Crippen molar-refractivity contribution in [2.45, 2.75) is 32.2 Å². The molecule has 2 atom stereocenters. The second-order valence-electron chi connectivity index (χ2n) is 2.66. The van der Waals surface area contributed by atoms with E-state index in [4.69, 9.17) is 0 Å². The van der Waals surface area contributed by atoms with Crippen molar-refractivity contribution in [1.29, 1.82) is 0 Å². The van der Waals surface area contributed by atoms with Gasteiger partial charge in [0.25, 0.3) is 0 Å². The SMILES string of the molecule is CC1CC[C@@H]1OC(F)(F)F. The first-order chi connectivity index (χ1) is 4.49. The zero-order chi connectivity index (χ0) is 7.78. The fourth-order valence-electron chi connectivity index (χ4n) is 0.983. The molecule has 0 amide bonds. The molecule has 0 aromatic heterocycles. The van der Waals surface area contributed by atoms with Gasteiger partial charge < -0.3 is 0 Å². The normalized spacial score (nSPS) is 33.6. The number of alkyl halides is 3. The van der Waals surface area contributed by atoms with Gasteiger partial charge in [-0.05, 0) is 18.8 Å². The first-order valence-electron chi connectivity index (χ1n) is 3.23. The monoisotopic (exact) mass is 154 g/mol. The Morgan fingerprint density at radius 2 is 1.90 bits per heavy atom. The second-order valence-corrected chi connectivity index (χ2v) is 2.66. The van der Waals surface area contributed by atoms with E-state index in [1.54, 1.807) is 6.92 Å². The molecule has 10 heavy (non-hydrogen) atoms. The summed E-state index contributed by atoms with van der Waals surface area (Å²) in [5.41, 5.74) is 0. The molecule has 0 spiro atoms. The van der Waals surface area contributed by atoms with E-state index in [0.29, 0.717) is 6.42 Å². The van der Waals surface area contributed by atoms with Crippen LogP contribution in [-0.4, -0.2) is 12.5 Å². The maximum atomic E-state index is 11.5. The van der Waals surface area contributed by atoms with Crippen molar-refractivity contribution in [3.05, 3.63) is 0 Å². The molecule has 1 rings (SSSR count). The molecular formula is C6H9F3O. The molecule has 1 unspecified atom stereocenters. The van der Waals surface area contributed by atoms with Gasteiger partial charge >= 0.3 is 6.36 Å². The summed E-state index contributed by atoms with van der Waals surface area (Å²) in [7, 11) is 0. The van der Waals surface area contributed by atoms with Crippen LogP contribution in [0.15, 0.2) is 0 Å². The van der Waals surface area contributed by atoms with Crippen molar-refractivity contribution in [3.8, 4) is 0 Å². The maximum Gasteiger partial charge on any atom is 0.522 e. The van der Waals surface area contributed by atoms with Crippen molar-refractivity contribution >= 4 is 0 Å². The second kappa shape index (κ2) is 2.42. The van der Waals surface area contributed by atoms with Crippen LogP contribution in [0.3, 0.4) is 0 Å². The van der Waals surface area contributed by atoms with Crippen LogP contribution >= 0.6 is 0 Å². The molecule has 0 saturated heterocycles. The summed E-state index contributed by atoms with van der Waals surface area (Å²) in [5, 5.41) is 0. The van der Waals surface area contributed by atoms with E-state index >= 15 is 0 Å². The number of ether oxygens (including phenoxy) is 1. The summed E-state index contributed by atoms with van der Waals surface area (Å²) >= 11 is 0. The van der Waals surface area contributed by atoms with Crippen LogP contribution in [0, 0.1) is 5.92 Å². The fourth-order valence-corrected chi connectivity index (χ4v) is 0.983. The van der Waals surface area contributed by atoms with Gasteiger partial charge in [0.05, 0.1) is 6.10 Å². The van der Waals surface area contributed by atoms with Crippen molar-refractivity contribution < 1.29 is 17.9 Å². The first-order valence-corrected chi connectivity index (χ1v) is 3.23. The van der Waals surface area contributed by atoms with Crippen molar-refractivity contribution in [1.82, 2.24) is 0 Å². The molecule has 60 valence electrons. The van der Waals surface area contributed by atoms with E-state index in [2.05, 4.69) is 4.74 Å². The molecule has 1 nitrogen and oxygen atoms in total. The van der Waals surface area contributed by atoms with Crippen LogP contribution < -0.4 is 0 Å². The van der Waals surface area contributed by atoms with Crippen molar-refractivity contribution in [2.75, 3.05) is 0 Å². The highest BCUT2D eigenvalue weighted by atomic mass is 19.4. The highest BCUT2D eigenvalue weighted by Crippen LogP contribution is 2.34. The third-order valence-electron chi connectivity index (χ3n) is 1.83. The minimum absolute atomic E-state index is 0.0709. The quantitative estimate of drug-likeness (QED) is 0.563. The van der Waals surface area contributed by atoms with Crippen LogP contribution in [0.1, 0.15) is 19.8 Å². The molecule has 4 heteroatoms. The van der Waals surface area contributed by atoms with Crippen LogP contribution in [0.25, 0.3) is 0 Å². The van der Waals surface area contributed by atoms with E-state index in [1.807, 2.05) is 0 Å². The van der Waals surface area contributed by atoms with E-state index in [1.165, 1.54) is 0 Å². The lowest BCUT2D eigenvalue weighted by atomic mass is 9.84. The van der Waals surface area contributed by atoms with Crippen LogP contribution in [0.4, 0.5) is 13.2 Å². The van der Waals surface area contributed by atoms with Gasteiger partial charge in [0.1, 0.15) is 0 Å². The van der Waals surface area contributed by atoms with E-state index in [-0.39, 0.29) is 5.92 Å². The van der Waals surface area contributed by atoms with Gasteiger partial charge in [-0.2, -0.15) is 0 Å². The lowest BCUT2D eigenvalue weighted by molar-refractivity contribution is -0.357. The summed E-state index contributed by atoms with van der Waals surface area (Å²) in [6.45, 7) is 1.76. The van der Waals surface area contributed by atoms with Gasteiger partial charge in [-0.15, -0.1) is 13.2 Å². The molecular weight excluding hydrogens is 145 g/mol. The zero-order valence-electron chi connectivity index (χ0n) is 5.61. The molecule has 0 N–H and O–H groups in total. The molecule has 0 radical (unpaired) electrons. The lowest BCUT2D eigenvalue weighted by Gasteiger charge is -2.33. The summed E-state index contributed by atoms with van der Waals surface area (Å²) in [5.74, 6) is 0.0709. The van der Waals surface area contributed by atoms with E-state index < -0.39 is 12.5 Å². The Morgan fingerprint density at radius 3 is 2.00 bits per heavy atom.